The second kappa shape index (κ2) is 13.2. The molecule has 0 aliphatic rings. The molecule has 0 radical (unpaired) electrons. The summed E-state index contributed by atoms with van der Waals surface area (Å²) in [6.45, 7) is 4.75. The number of aromatic nitrogens is 2. The van der Waals surface area contributed by atoms with Gasteiger partial charge < -0.3 is 15.5 Å². The van der Waals surface area contributed by atoms with Crippen LogP contribution in [0.3, 0.4) is 0 Å². The first-order chi connectivity index (χ1) is 15.1. The summed E-state index contributed by atoms with van der Waals surface area (Å²) >= 11 is 0. The van der Waals surface area contributed by atoms with Crippen LogP contribution in [0.1, 0.15) is 29.7 Å². The molecule has 0 bridgehead atoms. The van der Waals surface area contributed by atoms with Crippen molar-refractivity contribution in [3.05, 3.63) is 89.5 Å². The molecule has 3 aromatic rings. The minimum Gasteiger partial charge on any atom is -0.357 e. The first-order valence-corrected chi connectivity index (χ1v) is 10.5. The quantitative estimate of drug-likeness (QED) is 0.240. The Balaban J connectivity index is 0.00000363. The van der Waals surface area contributed by atoms with Crippen molar-refractivity contribution in [3.8, 4) is 0 Å². The van der Waals surface area contributed by atoms with Gasteiger partial charge in [-0.15, -0.1) is 24.0 Å². The molecule has 3 rings (SSSR count). The molecule has 32 heavy (non-hydrogen) atoms. The van der Waals surface area contributed by atoms with Crippen molar-refractivity contribution in [1.82, 2.24) is 25.3 Å². The molecule has 0 spiro atoms. The summed E-state index contributed by atoms with van der Waals surface area (Å²) < 4.78 is 15.2. The highest BCUT2D eigenvalue weighted by molar-refractivity contribution is 14.0. The maximum Gasteiger partial charge on any atom is 0.191 e. The molecule has 0 fully saturated rings. The third kappa shape index (κ3) is 7.59. The summed E-state index contributed by atoms with van der Waals surface area (Å²) in [5.74, 6) is 0.531. The van der Waals surface area contributed by atoms with E-state index in [1.165, 1.54) is 17.7 Å². The zero-order valence-electron chi connectivity index (χ0n) is 18.8. The number of guanidine groups is 1. The predicted molar refractivity (Wildman–Crippen MR) is 139 cm³/mol. The lowest BCUT2D eigenvalue weighted by atomic mass is 10.1. The van der Waals surface area contributed by atoms with Crippen molar-refractivity contribution in [2.24, 2.45) is 4.99 Å². The number of aliphatic imine (C=N–C) groups is 1. The largest absolute Gasteiger partial charge is 0.357 e. The zero-order chi connectivity index (χ0) is 22.1. The van der Waals surface area contributed by atoms with Gasteiger partial charge in [-0.25, -0.2) is 9.38 Å². The van der Waals surface area contributed by atoms with Crippen LogP contribution >= 0.6 is 24.0 Å². The fourth-order valence-electron chi connectivity index (χ4n) is 3.42. The number of hydrogen-bond donors (Lipinski definition) is 2. The Morgan fingerprint density at radius 1 is 1.06 bits per heavy atom. The highest BCUT2D eigenvalue weighted by atomic mass is 127. The molecule has 1 heterocycles. The van der Waals surface area contributed by atoms with Crippen LogP contribution in [0.5, 0.6) is 0 Å². The third-order valence-corrected chi connectivity index (χ3v) is 5.10. The first kappa shape index (κ1) is 25.8. The lowest BCUT2D eigenvalue weighted by Gasteiger charge is -2.26. The minimum absolute atomic E-state index is 0. The normalized spacial score (nSPS) is 12.3. The van der Waals surface area contributed by atoms with Crippen molar-refractivity contribution in [3.63, 3.8) is 0 Å². The van der Waals surface area contributed by atoms with Crippen LogP contribution in [0.2, 0.25) is 0 Å². The SMILES string of the molecule is CCNC(=NCc1ccccc1Cn1cccn1)NCC(c1ccc(F)cc1)N(C)C.I. The molecule has 1 aromatic heterocycles. The Labute approximate surface area is 207 Å². The predicted octanol–water partition coefficient (Wildman–Crippen LogP) is 4.05. The van der Waals surface area contributed by atoms with E-state index in [9.17, 15) is 4.39 Å². The summed E-state index contributed by atoms with van der Waals surface area (Å²) in [4.78, 5) is 6.91. The maximum absolute atomic E-state index is 13.3. The van der Waals surface area contributed by atoms with E-state index in [0.29, 0.717) is 13.1 Å². The fourth-order valence-corrected chi connectivity index (χ4v) is 3.42. The van der Waals surface area contributed by atoms with Crippen molar-refractivity contribution >= 4 is 29.9 Å². The van der Waals surface area contributed by atoms with Gasteiger partial charge in [0.05, 0.1) is 19.1 Å². The standard InChI is InChI=1S/C24H31FN6.HI/c1-4-26-24(28-17-23(30(2)3)19-10-12-22(25)13-11-19)27-16-20-8-5-6-9-21(20)18-31-15-7-14-29-31;/h5-15,23H,4,16-18H2,1-3H3,(H2,26,27,28);1H. The van der Waals surface area contributed by atoms with Gasteiger partial charge in [0.1, 0.15) is 5.82 Å². The smallest absolute Gasteiger partial charge is 0.191 e. The molecule has 8 heteroatoms. The number of hydrogen-bond acceptors (Lipinski definition) is 3. The number of nitrogens with zero attached hydrogens (tertiary/aromatic N) is 4. The van der Waals surface area contributed by atoms with E-state index in [2.05, 4.69) is 32.8 Å². The number of likely N-dealkylation sites (N-methyl/N-ethyl adjacent to an activating group) is 1. The van der Waals surface area contributed by atoms with Gasteiger partial charge in [-0.1, -0.05) is 36.4 Å². The zero-order valence-corrected chi connectivity index (χ0v) is 21.2. The second-order valence-electron chi connectivity index (χ2n) is 7.58. The summed E-state index contributed by atoms with van der Waals surface area (Å²) in [7, 11) is 4.04. The first-order valence-electron chi connectivity index (χ1n) is 10.5. The highest BCUT2D eigenvalue weighted by Gasteiger charge is 2.15. The van der Waals surface area contributed by atoms with Crippen LogP contribution in [-0.4, -0.2) is 47.8 Å². The van der Waals surface area contributed by atoms with E-state index in [1.807, 2.05) is 62.2 Å². The van der Waals surface area contributed by atoms with Gasteiger partial charge in [0.15, 0.2) is 5.96 Å². The summed E-state index contributed by atoms with van der Waals surface area (Å²) in [6, 6.07) is 17.0. The van der Waals surface area contributed by atoms with Gasteiger partial charge in [-0.2, -0.15) is 5.10 Å². The summed E-state index contributed by atoms with van der Waals surface area (Å²) in [5.41, 5.74) is 3.42. The molecule has 2 aromatic carbocycles. The number of halogens is 2. The van der Waals surface area contributed by atoms with Crippen LogP contribution < -0.4 is 10.6 Å². The molecule has 1 unspecified atom stereocenters. The number of rotatable bonds is 9. The maximum atomic E-state index is 13.3. The van der Waals surface area contributed by atoms with Gasteiger partial charge in [0.25, 0.3) is 0 Å². The summed E-state index contributed by atoms with van der Waals surface area (Å²) in [6.07, 6.45) is 3.75. The van der Waals surface area contributed by atoms with Gasteiger partial charge in [0.2, 0.25) is 0 Å². The molecule has 0 saturated heterocycles. The fraction of sp³-hybridized carbons (Fsp3) is 0.333. The topological polar surface area (TPSA) is 57.5 Å². The van der Waals surface area contributed by atoms with Gasteiger partial charge in [-0.3, -0.25) is 4.68 Å². The van der Waals surface area contributed by atoms with E-state index in [1.54, 1.807) is 6.20 Å². The molecule has 0 saturated carbocycles. The lowest BCUT2D eigenvalue weighted by molar-refractivity contribution is 0.298. The second-order valence-corrected chi connectivity index (χ2v) is 7.58. The molecular formula is C24H32FIN6. The Morgan fingerprint density at radius 3 is 2.41 bits per heavy atom. The van der Waals surface area contributed by atoms with Crippen LogP contribution in [0.15, 0.2) is 72.0 Å². The molecule has 0 aliphatic carbocycles. The molecule has 0 aliphatic heterocycles. The number of nitrogens with one attached hydrogen (secondary N) is 2. The average molecular weight is 550 g/mol. The molecule has 0 amide bonds. The van der Waals surface area contributed by atoms with Crippen molar-refractivity contribution in [2.75, 3.05) is 27.2 Å². The molecule has 172 valence electrons. The Hall–Kier alpha value is -2.46. The van der Waals surface area contributed by atoms with E-state index in [-0.39, 0.29) is 35.8 Å². The van der Waals surface area contributed by atoms with Crippen molar-refractivity contribution in [1.29, 1.82) is 0 Å². The highest BCUT2D eigenvalue weighted by Crippen LogP contribution is 2.18. The Kier molecular flexibility index (Phi) is 10.6. The van der Waals surface area contributed by atoms with Crippen LogP contribution in [0.4, 0.5) is 4.39 Å². The molecular weight excluding hydrogens is 518 g/mol. The monoisotopic (exact) mass is 550 g/mol. The van der Waals surface area contributed by atoms with E-state index in [0.717, 1.165) is 30.2 Å². The Bertz CT molecular complexity index is 957. The van der Waals surface area contributed by atoms with Crippen molar-refractivity contribution < 1.29 is 4.39 Å². The molecule has 6 nitrogen and oxygen atoms in total. The minimum atomic E-state index is -0.224. The van der Waals surface area contributed by atoms with E-state index < -0.39 is 0 Å². The molecule has 2 N–H and O–H groups in total. The van der Waals surface area contributed by atoms with Crippen LogP contribution in [-0.2, 0) is 13.1 Å². The Morgan fingerprint density at radius 2 is 1.78 bits per heavy atom. The van der Waals surface area contributed by atoms with Crippen LogP contribution in [0, 0.1) is 5.82 Å². The summed E-state index contributed by atoms with van der Waals surface area (Å²) in [5, 5.41) is 11.1. The average Bonchev–Trinajstić information content (AvgIpc) is 3.27. The van der Waals surface area contributed by atoms with E-state index in [4.69, 9.17) is 4.99 Å². The van der Waals surface area contributed by atoms with Gasteiger partial charge >= 0.3 is 0 Å². The lowest BCUT2D eigenvalue weighted by Crippen LogP contribution is -2.41. The third-order valence-electron chi connectivity index (χ3n) is 5.10. The number of benzene rings is 2. The molecule has 1 atom stereocenters. The van der Waals surface area contributed by atoms with Gasteiger partial charge in [-0.05, 0) is 55.9 Å². The van der Waals surface area contributed by atoms with Crippen molar-refractivity contribution in [2.45, 2.75) is 26.1 Å². The van der Waals surface area contributed by atoms with Crippen LogP contribution in [0.25, 0.3) is 0 Å². The van der Waals surface area contributed by atoms with E-state index >= 15 is 0 Å². The van der Waals surface area contributed by atoms with Gasteiger partial charge in [0, 0.05) is 25.5 Å².